The summed E-state index contributed by atoms with van der Waals surface area (Å²) in [5, 5.41) is 15.1. The van der Waals surface area contributed by atoms with Crippen LogP contribution in [0.3, 0.4) is 0 Å². The van der Waals surface area contributed by atoms with Crippen molar-refractivity contribution >= 4 is 23.1 Å². The number of anilines is 3. The van der Waals surface area contributed by atoms with Gasteiger partial charge in [-0.15, -0.1) is 0 Å². The molecule has 4 aromatic rings. The van der Waals surface area contributed by atoms with Crippen LogP contribution in [0.4, 0.5) is 17.2 Å². The van der Waals surface area contributed by atoms with Gasteiger partial charge in [-0.2, -0.15) is 5.26 Å². The van der Waals surface area contributed by atoms with Crippen molar-refractivity contribution in [2.24, 2.45) is 0 Å². The maximum absolute atomic E-state index is 12.9. The quantitative estimate of drug-likeness (QED) is 0.499. The first kappa shape index (κ1) is 18.8. The number of nitrogens with one attached hydrogen (secondary N) is 2. The fraction of sp³-hybridized carbons (Fsp3) is 0. The van der Waals surface area contributed by atoms with Crippen molar-refractivity contribution in [2.75, 3.05) is 10.6 Å². The number of para-hydroxylation sites is 1. The van der Waals surface area contributed by atoms with Crippen molar-refractivity contribution in [2.45, 2.75) is 0 Å². The zero-order valence-corrected chi connectivity index (χ0v) is 15.9. The van der Waals surface area contributed by atoms with Crippen LogP contribution in [0.15, 0.2) is 91.0 Å². The highest BCUT2D eigenvalue weighted by Crippen LogP contribution is 2.21. The average Bonchev–Trinajstić information content (AvgIpc) is 2.80. The van der Waals surface area contributed by atoms with Gasteiger partial charge in [-0.25, -0.2) is 9.97 Å². The lowest BCUT2D eigenvalue weighted by Crippen LogP contribution is -2.15. The van der Waals surface area contributed by atoms with E-state index in [1.807, 2.05) is 60.7 Å². The molecule has 0 aliphatic heterocycles. The molecule has 0 fully saturated rings. The van der Waals surface area contributed by atoms with Gasteiger partial charge in [-0.05, 0) is 30.3 Å². The monoisotopic (exact) mass is 391 g/mol. The summed E-state index contributed by atoms with van der Waals surface area (Å²) in [5.74, 6) is 0.555. The second-order valence-corrected chi connectivity index (χ2v) is 6.47. The molecule has 0 atom stereocenters. The van der Waals surface area contributed by atoms with Crippen LogP contribution < -0.4 is 10.6 Å². The van der Waals surface area contributed by atoms with E-state index in [1.54, 1.807) is 30.3 Å². The topological polar surface area (TPSA) is 90.7 Å². The van der Waals surface area contributed by atoms with E-state index < -0.39 is 0 Å². The van der Waals surface area contributed by atoms with Crippen LogP contribution in [-0.2, 0) is 0 Å². The third-order valence-corrected chi connectivity index (χ3v) is 4.29. The van der Waals surface area contributed by atoms with Crippen LogP contribution in [0.5, 0.6) is 0 Å². The van der Waals surface area contributed by atoms with Crippen LogP contribution in [0.2, 0.25) is 0 Å². The first-order valence-electron chi connectivity index (χ1n) is 9.29. The molecule has 1 heterocycles. The summed E-state index contributed by atoms with van der Waals surface area (Å²) in [4.78, 5) is 21.9. The van der Waals surface area contributed by atoms with Crippen molar-refractivity contribution < 1.29 is 4.79 Å². The molecular weight excluding hydrogens is 374 g/mol. The van der Waals surface area contributed by atoms with Gasteiger partial charge in [0, 0.05) is 23.0 Å². The maximum Gasteiger partial charge on any atom is 0.274 e. The Labute approximate surface area is 173 Å². The minimum Gasteiger partial charge on any atom is -0.340 e. The van der Waals surface area contributed by atoms with Gasteiger partial charge in [0.2, 0.25) is 0 Å². The Hall–Kier alpha value is -4.50. The van der Waals surface area contributed by atoms with Crippen LogP contribution in [0, 0.1) is 11.3 Å². The number of nitriles is 1. The summed E-state index contributed by atoms with van der Waals surface area (Å²) in [6.45, 7) is 0. The number of amides is 1. The predicted molar refractivity (Wildman–Crippen MR) is 116 cm³/mol. The Kier molecular flexibility index (Phi) is 5.45. The molecule has 0 radical (unpaired) electrons. The third-order valence-electron chi connectivity index (χ3n) is 4.29. The fourth-order valence-corrected chi connectivity index (χ4v) is 2.87. The zero-order chi connectivity index (χ0) is 20.8. The Morgan fingerprint density at radius 1 is 0.800 bits per heavy atom. The summed E-state index contributed by atoms with van der Waals surface area (Å²) in [7, 11) is 0. The molecule has 1 aromatic heterocycles. The molecule has 4 rings (SSSR count). The zero-order valence-electron chi connectivity index (χ0n) is 15.9. The molecule has 0 aliphatic rings. The molecule has 0 bridgehead atoms. The molecule has 3 aromatic carbocycles. The lowest BCUT2D eigenvalue weighted by atomic mass is 10.2. The van der Waals surface area contributed by atoms with Crippen molar-refractivity contribution in [3.8, 4) is 17.5 Å². The Balaban J connectivity index is 1.69. The molecule has 144 valence electrons. The number of rotatable bonds is 5. The van der Waals surface area contributed by atoms with Crippen LogP contribution in [0.25, 0.3) is 11.4 Å². The number of nitrogens with zero attached hydrogens (tertiary/aromatic N) is 3. The number of carbonyl (C=O) groups excluding carboxylic acids is 1. The van der Waals surface area contributed by atoms with Crippen molar-refractivity contribution in [1.82, 2.24) is 9.97 Å². The van der Waals surface area contributed by atoms with Gasteiger partial charge in [-0.3, -0.25) is 4.79 Å². The summed E-state index contributed by atoms with van der Waals surface area (Å²) in [5.41, 5.74) is 2.85. The minimum atomic E-state index is -0.388. The molecule has 2 N–H and O–H groups in total. The number of hydrogen-bond donors (Lipinski definition) is 2. The largest absolute Gasteiger partial charge is 0.340 e. The second-order valence-electron chi connectivity index (χ2n) is 6.47. The standard InChI is InChI=1S/C24H17N5O/c25-16-17-8-7-13-20(14-17)27-24(30)21-15-22(26-19-11-5-2-6-12-19)29-23(28-21)18-9-3-1-4-10-18/h1-15H,(H,27,30)(H,26,28,29). The summed E-state index contributed by atoms with van der Waals surface area (Å²) < 4.78 is 0. The summed E-state index contributed by atoms with van der Waals surface area (Å²) in [6, 6.07) is 29.4. The number of benzene rings is 3. The van der Waals surface area contributed by atoms with Crippen molar-refractivity contribution in [3.05, 3.63) is 102 Å². The first-order chi connectivity index (χ1) is 14.7. The van der Waals surface area contributed by atoms with E-state index in [-0.39, 0.29) is 11.6 Å². The second kappa shape index (κ2) is 8.67. The van der Waals surface area contributed by atoms with E-state index >= 15 is 0 Å². The highest BCUT2D eigenvalue weighted by molar-refractivity contribution is 6.03. The van der Waals surface area contributed by atoms with Gasteiger partial charge in [0.1, 0.15) is 11.5 Å². The van der Waals surface area contributed by atoms with E-state index in [1.165, 1.54) is 0 Å². The lowest BCUT2D eigenvalue weighted by molar-refractivity contribution is 0.102. The molecular formula is C24H17N5O. The van der Waals surface area contributed by atoms with Crippen LogP contribution in [0.1, 0.15) is 16.1 Å². The lowest BCUT2D eigenvalue weighted by Gasteiger charge is -2.11. The molecule has 0 unspecified atom stereocenters. The predicted octanol–water partition coefficient (Wildman–Crippen LogP) is 5.01. The van der Waals surface area contributed by atoms with Crippen molar-refractivity contribution in [1.29, 1.82) is 5.26 Å². The van der Waals surface area contributed by atoms with Gasteiger partial charge < -0.3 is 10.6 Å². The SMILES string of the molecule is N#Cc1cccc(NC(=O)c2cc(Nc3ccccc3)nc(-c3ccccc3)n2)c1. The Morgan fingerprint density at radius 2 is 1.50 bits per heavy atom. The Bertz CT molecular complexity index is 1220. The van der Waals surface area contributed by atoms with Crippen LogP contribution >= 0.6 is 0 Å². The molecule has 0 saturated heterocycles. The molecule has 0 spiro atoms. The number of hydrogen-bond acceptors (Lipinski definition) is 5. The molecule has 0 saturated carbocycles. The molecule has 6 nitrogen and oxygen atoms in total. The number of aromatic nitrogens is 2. The first-order valence-corrected chi connectivity index (χ1v) is 9.29. The van der Waals surface area contributed by atoms with E-state index in [9.17, 15) is 4.79 Å². The van der Waals surface area contributed by atoms with Gasteiger partial charge in [0.05, 0.1) is 11.6 Å². The van der Waals surface area contributed by atoms with E-state index in [0.717, 1.165) is 11.3 Å². The highest BCUT2D eigenvalue weighted by atomic mass is 16.1. The summed E-state index contributed by atoms with van der Waals surface area (Å²) >= 11 is 0. The van der Waals surface area contributed by atoms with Gasteiger partial charge in [0.25, 0.3) is 5.91 Å². The highest BCUT2D eigenvalue weighted by Gasteiger charge is 2.14. The normalized spacial score (nSPS) is 10.1. The fourth-order valence-electron chi connectivity index (χ4n) is 2.87. The molecule has 0 aliphatic carbocycles. The smallest absolute Gasteiger partial charge is 0.274 e. The molecule has 1 amide bonds. The van der Waals surface area contributed by atoms with Gasteiger partial charge in [-0.1, -0.05) is 54.6 Å². The molecule has 6 heteroatoms. The minimum absolute atomic E-state index is 0.213. The maximum atomic E-state index is 12.9. The van der Waals surface area contributed by atoms with Crippen LogP contribution in [-0.4, -0.2) is 15.9 Å². The third kappa shape index (κ3) is 4.49. The average molecular weight is 391 g/mol. The van der Waals surface area contributed by atoms with Gasteiger partial charge >= 0.3 is 0 Å². The van der Waals surface area contributed by atoms with Gasteiger partial charge in [0.15, 0.2) is 5.82 Å². The van der Waals surface area contributed by atoms with E-state index in [4.69, 9.17) is 5.26 Å². The Morgan fingerprint density at radius 3 is 2.23 bits per heavy atom. The number of carbonyl (C=O) groups is 1. The van der Waals surface area contributed by atoms with Crippen molar-refractivity contribution in [3.63, 3.8) is 0 Å². The van der Waals surface area contributed by atoms with E-state index in [0.29, 0.717) is 22.9 Å². The summed E-state index contributed by atoms with van der Waals surface area (Å²) in [6.07, 6.45) is 0. The van der Waals surface area contributed by atoms with E-state index in [2.05, 4.69) is 26.7 Å². The molecule has 30 heavy (non-hydrogen) atoms.